The van der Waals surface area contributed by atoms with E-state index in [2.05, 4.69) is 6.92 Å². The van der Waals surface area contributed by atoms with E-state index in [1.165, 1.54) is 32.1 Å². The fraction of sp³-hybridized carbons (Fsp3) is 1.00. The Bertz CT molecular complexity index is 225. The number of alkyl halides is 1. The number of unbranched alkanes of at least 4 members (excludes halogenated alkanes) is 7. The number of hydrogen-bond donors (Lipinski definition) is 0. The number of hydrogen-bond acceptors (Lipinski definition) is 2. The average Bonchev–Trinajstić information content (AvgIpc) is 2.22. The van der Waals surface area contributed by atoms with Gasteiger partial charge in [-0.3, -0.25) is 0 Å². The molecular weight excluding hydrogens is 232 g/mol. The zero-order valence-electron chi connectivity index (χ0n) is 9.67. The van der Waals surface area contributed by atoms with Crippen LogP contribution >= 0.6 is 11.6 Å². The van der Waals surface area contributed by atoms with E-state index in [0.29, 0.717) is 0 Å². The molecule has 0 amide bonds. The molecule has 0 fully saturated rings. The molecule has 0 atom stereocenters. The molecule has 0 aliphatic heterocycles. The Morgan fingerprint density at radius 1 is 0.867 bits per heavy atom. The van der Waals surface area contributed by atoms with Crippen molar-refractivity contribution in [1.82, 2.24) is 0 Å². The number of halogens is 1. The molecule has 15 heavy (non-hydrogen) atoms. The monoisotopic (exact) mass is 254 g/mol. The van der Waals surface area contributed by atoms with Gasteiger partial charge in [0.25, 0.3) is 0 Å². The zero-order valence-corrected chi connectivity index (χ0v) is 11.2. The van der Waals surface area contributed by atoms with Crippen LogP contribution in [0.5, 0.6) is 0 Å². The normalized spacial score (nSPS) is 11.9. The number of rotatable bonds is 10. The van der Waals surface area contributed by atoms with E-state index in [1.54, 1.807) is 0 Å². The first-order valence-electron chi connectivity index (χ1n) is 5.89. The zero-order chi connectivity index (χ0) is 11.6. The van der Waals surface area contributed by atoms with Gasteiger partial charge in [-0.05, 0) is 6.42 Å². The first-order valence-corrected chi connectivity index (χ1v) is 8.24. The quantitative estimate of drug-likeness (QED) is 0.440. The van der Waals surface area contributed by atoms with Crippen molar-refractivity contribution >= 4 is 21.4 Å². The molecule has 4 heteroatoms. The molecule has 0 aromatic rings. The maximum atomic E-state index is 11.0. The Labute approximate surface area is 99.3 Å². The van der Waals surface area contributed by atoms with Crippen LogP contribution in [0.15, 0.2) is 0 Å². The summed E-state index contributed by atoms with van der Waals surface area (Å²) < 4.78 is 22.1. The molecule has 0 heterocycles. The summed E-state index contributed by atoms with van der Waals surface area (Å²) in [4.78, 5) is 0. The second kappa shape index (κ2) is 9.46. The van der Waals surface area contributed by atoms with Crippen LogP contribution in [0.25, 0.3) is 0 Å². The Hall–Kier alpha value is 0.240. The maximum Gasteiger partial charge on any atom is 0.164 e. The van der Waals surface area contributed by atoms with Gasteiger partial charge in [0.15, 0.2) is 9.84 Å². The standard InChI is InChI=1S/C11H23ClO2S/c1-2-3-4-5-6-7-8-9-10-15(13,14)11-12/h2-11H2,1H3. The Morgan fingerprint density at radius 3 is 1.80 bits per heavy atom. The summed E-state index contributed by atoms with van der Waals surface area (Å²) >= 11 is 5.30. The lowest BCUT2D eigenvalue weighted by molar-refractivity contribution is 0.574. The van der Waals surface area contributed by atoms with Gasteiger partial charge in [0, 0.05) is 0 Å². The van der Waals surface area contributed by atoms with Crippen molar-refractivity contribution in [2.45, 2.75) is 58.3 Å². The lowest BCUT2D eigenvalue weighted by Gasteiger charge is -2.01. The fourth-order valence-electron chi connectivity index (χ4n) is 1.51. The van der Waals surface area contributed by atoms with Crippen molar-refractivity contribution in [3.8, 4) is 0 Å². The van der Waals surface area contributed by atoms with Crippen molar-refractivity contribution < 1.29 is 8.42 Å². The first-order chi connectivity index (χ1) is 7.12. The van der Waals surface area contributed by atoms with E-state index in [0.717, 1.165) is 19.3 Å². The third-order valence-electron chi connectivity index (χ3n) is 2.48. The van der Waals surface area contributed by atoms with E-state index in [1.807, 2.05) is 0 Å². The van der Waals surface area contributed by atoms with Crippen LogP contribution in [-0.4, -0.2) is 19.4 Å². The predicted molar refractivity (Wildman–Crippen MR) is 67.1 cm³/mol. The molecule has 92 valence electrons. The SMILES string of the molecule is CCCCCCCCCCS(=O)(=O)CCl. The topological polar surface area (TPSA) is 34.1 Å². The van der Waals surface area contributed by atoms with Crippen LogP contribution < -0.4 is 0 Å². The molecule has 0 aliphatic rings. The summed E-state index contributed by atoms with van der Waals surface area (Å²) in [6.45, 7) is 2.21. The van der Waals surface area contributed by atoms with Crippen molar-refractivity contribution in [2.75, 3.05) is 11.0 Å². The predicted octanol–water partition coefficient (Wildman–Crippen LogP) is 3.74. The van der Waals surface area contributed by atoms with Gasteiger partial charge in [-0.25, -0.2) is 8.42 Å². The average molecular weight is 255 g/mol. The summed E-state index contributed by atoms with van der Waals surface area (Å²) in [6, 6.07) is 0. The molecule has 0 aliphatic carbocycles. The summed E-state index contributed by atoms with van der Waals surface area (Å²) in [5.41, 5.74) is 0. The minimum atomic E-state index is -2.96. The van der Waals surface area contributed by atoms with Gasteiger partial charge in [0.05, 0.1) is 5.75 Å². The third-order valence-corrected chi connectivity index (χ3v) is 4.72. The first kappa shape index (κ1) is 15.2. The highest BCUT2D eigenvalue weighted by molar-refractivity contribution is 7.92. The largest absolute Gasteiger partial charge is 0.228 e. The van der Waals surface area contributed by atoms with Gasteiger partial charge in [0.1, 0.15) is 5.21 Å². The molecule has 0 bridgehead atoms. The molecular formula is C11H23ClO2S. The molecule has 0 unspecified atom stereocenters. The van der Waals surface area contributed by atoms with Gasteiger partial charge in [-0.1, -0.05) is 51.9 Å². The van der Waals surface area contributed by atoms with Crippen LogP contribution in [-0.2, 0) is 9.84 Å². The molecule has 2 nitrogen and oxygen atoms in total. The van der Waals surface area contributed by atoms with Crippen molar-refractivity contribution in [1.29, 1.82) is 0 Å². The second-order valence-corrected chi connectivity index (χ2v) is 6.80. The van der Waals surface area contributed by atoms with Crippen molar-refractivity contribution in [3.63, 3.8) is 0 Å². The number of sulfone groups is 1. The molecule has 0 aromatic heterocycles. The van der Waals surface area contributed by atoms with Crippen LogP contribution in [0.2, 0.25) is 0 Å². The van der Waals surface area contributed by atoms with Gasteiger partial charge < -0.3 is 0 Å². The second-order valence-electron chi connectivity index (χ2n) is 4.03. The molecule has 0 N–H and O–H groups in total. The molecule has 0 saturated heterocycles. The van der Waals surface area contributed by atoms with Crippen LogP contribution in [0.4, 0.5) is 0 Å². The van der Waals surface area contributed by atoms with Gasteiger partial charge in [-0.2, -0.15) is 0 Å². The van der Waals surface area contributed by atoms with Gasteiger partial charge in [0.2, 0.25) is 0 Å². The minimum absolute atomic E-state index is 0.233. The Balaban J connectivity index is 3.19. The van der Waals surface area contributed by atoms with Crippen molar-refractivity contribution in [3.05, 3.63) is 0 Å². The van der Waals surface area contributed by atoms with Gasteiger partial charge >= 0.3 is 0 Å². The van der Waals surface area contributed by atoms with Crippen LogP contribution in [0, 0.1) is 0 Å². The Morgan fingerprint density at radius 2 is 1.33 bits per heavy atom. The smallest absolute Gasteiger partial charge is 0.164 e. The van der Waals surface area contributed by atoms with Crippen molar-refractivity contribution in [2.24, 2.45) is 0 Å². The summed E-state index contributed by atoms with van der Waals surface area (Å²) in [6.07, 6.45) is 9.37. The van der Waals surface area contributed by atoms with Gasteiger partial charge in [-0.15, -0.1) is 11.6 Å². The van der Waals surface area contributed by atoms with E-state index >= 15 is 0 Å². The molecule has 0 saturated carbocycles. The molecule has 0 rings (SSSR count). The minimum Gasteiger partial charge on any atom is -0.228 e. The summed E-state index contributed by atoms with van der Waals surface area (Å²) in [7, 11) is -2.96. The molecule has 0 radical (unpaired) electrons. The highest BCUT2D eigenvalue weighted by Gasteiger charge is 2.06. The summed E-state index contributed by atoms with van der Waals surface area (Å²) in [5.74, 6) is 0.255. The lowest BCUT2D eigenvalue weighted by Crippen LogP contribution is -2.06. The van der Waals surface area contributed by atoms with Crippen LogP contribution in [0.1, 0.15) is 58.3 Å². The van der Waals surface area contributed by atoms with E-state index < -0.39 is 9.84 Å². The summed E-state index contributed by atoms with van der Waals surface area (Å²) in [5, 5.41) is -0.233. The van der Waals surface area contributed by atoms with E-state index in [4.69, 9.17) is 11.6 Å². The highest BCUT2D eigenvalue weighted by Crippen LogP contribution is 2.09. The lowest BCUT2D eigenvalue weighted by atomic mass is 10.1. The Kier molecular flexibility index (Phi) is 9.62. The third kappa shape index (κ3) is 10.5. The molecule has 0 aromatic carbocycles. The maximum absolute atomic E-state index is 11.0. The molecule has 0 spiro atoms. The van der Waals surface area contributed by atoms with Crippen LogP contribution in [0.3, 0.4) is 0 Å². The highest BCUT2D eigenvalue weighted by atomic mass is 35.5. The van der Waals surface area contributed by atoms with E-state index in [-0.39, 0.29) is 11.0 Å². The van der Waals surface area contributed by atoms with E-state index in [9.17, 15) is 8.42 Å². The fourth-order valence-corrected chi connectivity index (χ4v) is 2.59.